The second-order valence-electron chi connectivity index (χ2n) is 2.24. The van der Waals surface area contributed by atoms with Crippen LogP contribution in [0.3, 0.4) is 0 Å². The van der Waals surface area contributed by atoms with Crippen LogP contribution in [-0.4, -0.2) is 18.3 Å². The van der Waals surface area contributed by atoms with Crippen molar-refractivity contribution in [1.29, 1.82) is 0 Å². The lowest BCUT2D eigenvalue weighted by Gasteiger charge is -2.30. The van der Waals surface area contributed by atoms with Crippen molar-refractivity contribution in [3.63, 3.8) is 0 Å². The summed E-state index contributed by atoms with van der Waals surface area (Å²) in [7, 11) is 0. The second-order valence-corrected chi connectivity index (χ2v) is 2.81. The van der Waals surface area contributed by atoms with Gasteiger partial charge in [0.25, 0.3) is 0 Å². The molecule has 0 aromatic heterocycles. The molecule has 0 bridgehead atoms. The van der Waals surface area contributed by atoms with Crippen molar-refractivity contribution < 1.29 is 4.21 Å². The van der Waals surface area contributed by atoms with Gasteiger partial charge >= 0.3 is 11.7 Å². The van der Waals surface area contributed by atoms with Gasteiger partial charge in [0.15, 0.2) is 0 Å². The Labute approximate surface area is 53.1 Å². The van der Waals surface area contributed by atoms with Crippen LogP contribution in [0.25, 0.3) is 0 Å². The quantitative estimate of drug-likeness (QED) is 0.537. The zero-order valence-corrected chi connectivity index (χ0v) is 5.70. The molecule has 1 aliphatic heterocycles. The van der Waals surface area contributed by atoms with Crippen LogP contribution >= 0.6 is 0 Å². The van der Waals surface area contributed by atoms with Crippen molar-refractivity contribution >= 4 is 11.7 Å². The summed E-state index contributed by atoms with van der Waals surface area (Å²) in [6, 6.07) is 0.580. The molecule has 2 atom stereocenters. The van der Waals surface area contributed by atoms with E-state index in [1.165, 1.54) is 0 Å². The average Bonchev–Trinajstić information content (AvgIpc) is 1.79. The molecule has 2 unspecified atom stereocenters. The number of hydrogen-bond acceptors (Lipinski definition) is 2. The van der Waals surface area contributed by atoms with Gasteiger partial charge in [0.05, 0.1) is 0 Å². The van der Waals surface area contributed by atoms with E-state index in [-0.39, 0.29) is 0 Å². The van der Waals surface area contributed by atoms with Crippen molar-refractivity contribution in [3.05, 3.63) is 0 Å². The summed E-state index contributed by atoms with van der Waals surface area (Å²) < 4.78 is 9.97. The number of hydrogen-bond donors (Lipinski definition) is 1. The predicted molar refractivity (Wildman–Crippen MR) is 33.9 cm³/mol. The molecule has 1 aliphatic rings. The van der Waals surface area contributed by atoms with E-state index >= 15 is 0 Å². The molecule has 3 heteroatoms. The van der Waals surface area contributed by atoms with Gasteiger partial charge in [0.1, 0.15) is 0 Å². The van der Waals surface area contributed by atoms with Crippen LogP contribution in [0.15, 0.2) is 0 Å². The van der Waals surface area contributed by atoms with Crippen molar-refractivity contribution in [2.24, 2.45) is 5.92 Å². The highest BCUT2D eigenvalue weighted by Gasteiger charge is 2.30. The van der Waals surface area contributed by atoms with E-state index in [4.69, 9.17) is 0 Å². The minimum atomic E-state index is 0.580. The molecule has 1 saturated heterocycles. The zero-order valence-electron chi connectivity index (χ0n) is 4.89. The van der Waals surface area contributed by atoms with E-state index < -0.39 is 0 Å². The van der Waals surface area contributed by atoms with Crippen LogP contribution in [0.5, 0.6) is 0 Å². The Hall–Kier alpha value is -0.0200. The fourth-order valence-electron chi connectivity index (χ4n) is 0.811. The van der Waals surface area contributed by atoms with Gasteiger partial charge in [-0.05, 0) is 6.92 Å². The van der Waals surface area contributed by atoms with Gasteiger partial charge in [-0.1, -0.05) is 0 Å². The molecule has 0 radical (unpaired) electrons. The molecule has 46 valence electrons. The minimum Gasteiger partial charge on any atom is -0.313 e. The fraction of sp³-hybridized carbons (Fsp3) is 1.00. The molecule has 0 aliphatic carbocycles. The van der Waals surface area contributed by atoms with Crippen LogP contribution in [0, 0.1) is 5.92 Å². The van der Waals surface area contributed by atoms with Gasteiger partial charge in [0.2, 0.25) is 5.75 Å². The molecule has 0 aromatic carbocycles. The topological polar surface area (TPSA) is 29.1 Å². The number of rotatable bonds is 2. The summed E-state index contributed by atoms with van der Waals surface area (Å²) in [5.41, 5.74) is 0. The maximum Gasteiger partial charge on any atom is 0.459 e. The first kappa shape index (κ1) is 6.11. The molecule has 1 heterocycles. The highest BCUT2D eigenvalue weighted by Crippen LogP contribution is 2.10. The van der Waals surface area contributed by atoms with E-state index in [9.17, 15) is 4.21 Å². The Bertz CT molecular complexity index is 96.4. The third-order valence-corrected chi connectivity index (χ3v) is 2.26. The lowest BCUT2D eigenvalue weighted by Crippen LogP contribution is -2.52. The Morgan fingerprint density at radius 1 is 1.88 bits per heavy atom. The summed E-state index contributed by atoms with van der Waals surface area (Å²) in [6.07, 6.45) is 0. The smallest absolute Gasteiger partial charge is 0.313 e. The van der Waals surface area contributed by atoms with E-state index in [2.05, 4.69) is 12.2 Å². The number of nitrogens with one attached hydrogen (secondary N) is 1. The summed E-state index contributed by atoms with van der Waals surface area (Å²) in [6.45, 7) is 3.15. The van der Waals surface area contributed by atoms with Gasteiger partial charge in [-0.3, -0.25) is 0 Å². The van der Waals surface area contributed by atoms with Gasteiger partial charge in [0, 0.05) is 22.7 Å². The molecule has 0 amide bonds. The van der Waals surface area contributed by atoms with Gasteiger partial charge < -0.3 is 5.32 Å². The Balaban J connectivity index is 2.16. The fourth-order valence-corrected chi connectivity index (χ4v) is 1.39. The molecule has 1 fully saturated rings. The molecule has 0 spiro atoms. The molecule has 1 N–H and O–H groups in total. The standard InChI is InChI=1S/C5H10NOS/c1-4-5(2-6-4)3-8-7/h4-6H,2-3H2,1H3/q+1. The minimum absolute atomic E-state index is 0.580. The van der Waals surface area contributed by atoms with Gasteiger partial charge in [-0.2, -0.15) is 0 Å². The predicted octanol–water partition coefficient (Wildman–Crippen LogP) is 0.0224. The molecule has 1 rings (SSSR count). The van der Waals surface area contributed by atoms with E-state index in [1.54, 1.807) is 0 Å². The van der Waals surface area contributed by atoms with Crippen LogP contribution in [0.2, 0.25) is 0 Å². The summed E-state index contributed by atoms with van der Waals surface area (Å²) in [5.74, 6) is 1.41. The van der Waals surface area contributed by atoms with Crippen LogP contribution < -0.4 is 5.32 Å². The first-order valence-corrected chi connectivity index (χ1v) is 3.74. The average molecular weight is 132 g/mol. The third-order valence-electron chi connectivity index (χ3n) is 1.69. The van der Waals surface area contributed by atoms with Crippen molar-refractivity contribution in [3.8, 4) is 0 Å². The lowest BCUT2D eigenvalue weighted by atomic mass is 9.96. The SMILES string of the molecule is CC1NCC1C[S+]=O. The maximum atomic E-state index is 9.97. The van der Waals surface area contributed by atoms with Crippen LogP contribution in [0.1, 0.15) is 6.92 Å². The molecular weight excluding hydrogens is 122 g/mol. The third kappa shape index (κ3) is 1.03. The van der Waals surface area contributed by atoms with Crippen LogP contribution in [-0.2, 0) is 15.9 Å². The normalized spacial score (nSPS) is 36.1. The highest BCUT2D eigenvalue weighted by molar-refractivity contribution is 7.65. The largest absolute Gasteiger partial charge is 0.459 e. The Kier molecular flexibility index (Phi) is 1.91. The zero-order chi connectivity index (χ0) is 5.98. The maximum absolute atomic E-state index is 9.97. The molecule has 0 saturated carbocycles. The first-order valence-electron chi connectivity index (χ1n) is 2.82. The molecule has 8 heavy (non-hydrogen) atoms. The molecular formula is C5H10NOS+. The lowest BCUT2D eigenvalue weighted by molar-refractivity contribution is 0.278. The second kappa shape index (κ2) is 2.51. The van der Waals surface area contributed by atoms with Gasteiger partial charge in [-0.15, -0.1) is 0 Å². The molecule has 0 aromatic rings. The summed E-state index contributed by atoms with van der Waals surface area (Å²) in [4.78, 5) is 0. The van der Waals surface area contributed by atoms with Crippen molar-refractivity contribution in [2.75, 3.05) is 12.3 Å². The van der Waals surface area contributed by atoms with E-state index in [0.717, 1.165) is 12.3 Å². The van der Waals surface area contributed by atoms with Crippen LogP contribution in [0.4, 0.5) is 0 Å². The van der Waals surface area contributed by atoms with E-state index in [0.29, 0.717) is 23.6 Å². The monoisotopic (exact) mass is 132 g/mol. The highest BCUT2D eigenvalue weighted by atomic mass is 32.1. The summed E-state index contributed by atoms with van der Waals surface area (Å²) in [5, 5.41) is 3.19. The van der Waals surface area contributed by atoms with Gasteiger partial charge in [-0.25, -0.2) is 0 Å². The Morgan fingerprint density at radius 3 is 2.75 bits per heavy atom. The molecule has 2 nitrogen and oxygen atoms in total. The van der Waals surface area contributed by atoms with Crippen molar-refractivity contribution in [1.82, 2.24) is 5.32 Å². The van der Waals surface area contributed by atoms with E-state index in [1.807, 2.05) is 0 Å². The first-order chi connectivity index (χ1) is 3.84. The summed E-state index contributed by atoms with van der Waals surface area (Å²) >= 11 is 0.699. The van der Waals surface area contributed by atoms with Crippen molar-refractivity contribution in [2.45, 2.75) is 13.0 Å². The Morgan fingerprint density at radius 2 is 2.62 bits per heavy atom.